The van der Waals surface area contributed by atoms with Gasteiger partial charge >= 0.3 is 0 Å². The van der Waals surface area contributed by atoms with Gasteiger partial charge in [0.25, 0.3) is 0 Å². The summed E-state index contributed by atoms with van der Waals surface area (Å²) < 4.78 is 13.2. The van der Waals surface area contributed by atoms with Crippen LogP contribution in [0.2, 0.25) is 0 Å². The van der Waals surface area contributed by atoms with E-state index in [2.05, 4.69) is 24.1 Å². The van der Waals surface area contributed by atoms with Crippen molar-refractivity contribution in [2.75, 3.05) is 6.54 Å². The summed E-state index contributed by atoms with van der Waals surface area (Å²) >= 11 is 0. The minimum absolute atomic E-state index is 0.241. The molecule has 0 aromatic carbocycles. The van der Waals surface area contributed by atoms with Crippen LogP contribution in [0.15, 0.2) is 18.5 Å². The first-order valence-electron chi connectivity index (χ1n) is 7.61. The quantitative estimate of drug-likeness (QED) is 0.625. The number of nitrogens with zero attached hydrogens (tertiary/aromatic N) is 1. The van der Waals surface area contributed by atoms with Crippen molar-refractivity contribution >= 4 is 0 Å². The maximum absolute atomic E-state index is 13.2. The van der Waals surface area contributed by atoms with Crippen LogP contribution in [0, 0.1) is 5.82 Å². The molecule has 0 aliphatic rings. The van der Waals surface area contributed by atoms with Gasteiger partial charge in [0.2, 0.25) is 0 Å². The minimum Gasteiger partial charge on any atom is -0.310 e. The van der Waals surface area contributed by atoms with Crippen LogP contribution >= 0.6 is 0 Å². The molecule has 0 spiro atoms. The molecule has 1 aromatic rings. The average Bonchev–Trinajstić information content (AvgIpc) is 2.42. The minimum atomic E-state index is -0.244. The Bertz CT molecular complexity index is 341. The molecule has 2 nitrogen and oxygen atoms in total. The summed E-state index contributed by atoms with van der Waals surface area (Å²) in [5.74, 6) is -0.244. The van der Waals surface area contributed by atoms with Crippen molar-refractivity contribution in [2.45, 2.75) is 64.8 Å². The lowest BCUT2D eigenvalue weighted by Gasteiger charge is -2.18. The predicted octanol–water partition coefficient (Wildman–Crippen LogP) is 4.62. The van der Waals surface area contributed by atoms with Gasteiger partial charge < -0.3 is 5.32 Å². The molecule has 1 unspecified atom stereocenters. The molecule has 1 aromatic heterocycles. The van der Waals surface area contributed by atoms with Gasteiger partial charge in [-0.1, -0.05) is 46.0 Å². The van der Waals surface area contributed by atoms with Gasteiger partial charge in [-0.2, -0.15) is 0 Å². The van der Waals surface area contributed by atoms with Crippen molar-refractivity contribution in [3.8, 4) is 0 Å². The van der Waals surface area contributed by atoms with Crippen LogP contribution in [-0.4, -0.2) is 11.5 Å². The van der Waals surface area contributed by atoms with E-state index < -0.39 is 0 Å². The first-order chi connectivity index (χ1) is 9.27. The Labute approximate surface area is 116 Å². The van der Waals surface area contributed by atoms with Crippen LogP contribution in [0.4, 0.5) is 4.39 Å². The highest BCUT2D eigenvalue weighted by molar-refractivity contribution is 5.15. The van der Waals surface area contributed by atoms with Crippen LogP contribution in [0.3, 0.4) is 0 Å². The summed E-state index contributed by atoms with van der Waals surface area (Å²) in [6.45, 7) is 5.34. The summed E-state index contributed by atoms with van der Waals surface area (Å²) in [7, 11) is 0. The van der Waals surface area contributed by atoms with E-state index in [1.165, 1.54) is 38.3 Å². The third-order valence-corrected chi connectivity index (χ3v) is 3.37. The van der Waals surface area contributed by atoms with E-state index in [4.69, 9.17) is 0 Å². The fourth-order valence-electron chi connectivity index (χ4n) is 2.28. The molecule has 1 N–H and O–H groups in total. The first-order valence-corrected chi connectivity index (χ1v) is 7.61. The number of aromatic nitrogens is 1. The molecule has 3 heteroatoms. The number of halogens is 1. The maximum atomic E-state index is 13.2. The highest BCUT2D eigenvalue weighted by Crippen LogP contribution is 2.20. The van der Waals surface area contributed by atoms with Gasteiger partial charge in [0.05, 0.1) is 6.20 Å². The number of nitrogens with one attached hydrogen (secondary N) is 1. The van der Waals surface area contributed by atoms with Gasteiger partial charge in [-0.05, 0) is 31.0 Å². The molecule has 1 rings (SSSR count). The monoisotopic (exact) mass is 266 g/mol. The van der Waals surface area contributed by atoms with E-state index in [9.17, 15) is 4.39 Å². The lowest BCUT2D eigenvalue weighted by molar-refractivity contribution is 0.464. The molecule has 0 radical (unpaired) electrons. The van der Waals surface area contributed by atoms with Gasteiger partial charge in [0.15, 0.2) is 0 Å². The lowest BCUT2D eigenvalue weighted by atomic mass is 10.0. The SMILES string of the molecule is CCCCCCCC(NCCC)c1cncc(F)c1. The molecule has 0 aliphatic carbocycles. The van der Waals surface area contributed by atoms with Crippen LogP contribution in [0.25, 0.3) is 0 Å². The van der Waals surface area contributed by atoms with Crippen LogP contribution in [0.5, 0.6) is 0 Å². The van der Waals surface area contributed by atoms with E-state index in [-0.39, 0.29) is 11.9 Å². The Morgan fingerprint density at radius 2 is 1.89 bits per heavy atom. The smallest absolute Gasteiger partial charge is 0.141 e. The molecular weight excluding hydrogens is 239 g/mol. The second-order valence-electron chi connectivity index (χ2n) is 5.15. The molecule has 1 atom stereocenters. The Kier molecular flexibility index (Phi) is 8.39. The van der Waals surface area contributed by atoms with E-state index >= 15 is 0 Å². The molecule has 0 saturated carbocycles. The molecule has 1 heterocycles. The van der Waals surface area contributed by atoms with Crippen molar-refractivity contribution in [3.05, 3.63) is 29.8 Å². The van der Waals surface area contributed by atoms with Crippen LogP contribution in [0.1, 0.15) is 70.4 Å². The first kappa shape index (κ1) is 16.1. The van der Waals surface area contributed by atoms with Gasteiger partial charge in [-0.25, -0.2) is 4.39 Å². The fraction of sp³-hybridized carbons (Fsp3) is 0.688. The van der Waals surface area contributed by atoms with Crippen LogP contribution < -0.4 is 5.32 Å². The topological polar surface area (TPSA) is 24.9 Å². The van der Waals surface area contributed by atoms with Gasteiger partial charge in [0, 0.05) is 12.2 Å². The third kappa shape index (κ3) is 6.67. The molecule has 0 saturated heterocycles. The molecule has 0 bridgehead atoms. The molecule has 108 valence electrons. The Hall–Kier alpha value is -0.960. The van der Waals surface area contributed by atoms with Gasteiger partial charge in [0.1, 0.15) is 5.82 Å². The summed E-state index contributed by atoms with van der Waals surface area (Å²) in [4.78, 5) is 3.96. The van der Waals surface area contributed by atoms with E-state index in [0.717, 1.165) is 24.9 Å². The number of hydrogen-bond acceptors (Lipinski definition) is 2. The highest BCUT2D eigenvalue weighted by Gasteiger charge is 2.11. The summed E-state index contributed by atoms with van der Waals surface area (Å²) in [6.07, 6.45) is 11.5. The molecule has 19 heavy (non-hydrogen) atoms. The average molecular weight is 266 g/mol. The normalized spacial score (nSPS) is 12.6. The number of unbranched alkanes of at least 4 members (excludes halogenated alkanes) is 4. The van der Waals surface area contributed by atoms with Gasteiger partial charge in [-0.15, -0.1) is 0 Å². The molecular formula is C16H27FN2. The van der Waals surface area contributed by atoms with E-state index in [1.807, 2.05) is 0 Å². The zero-order chi connectivity index (χ0) is 13.9. The van der Waals surface area contributed by atoms with Crippen molar-refractivity contribution in [1.82, 2.24) is 10.3 Å². The summed E-state index contributed by atoms with van der Waals surface area (Å²) in [5, 5.41) is 3.50. The fourth-order valence-corrected chi connectivity index (χ4v) is 2.28. The Morgan fingerprint density at radius 3 is 2.58 bits per heavy atom. The Morgan fingerprint density at radius 1 is 1.11 bits per heavy atom. The van der Waals surface area contributed by atoms with E-state index in [0.29, 0.717) is 0 Å². The van der Waals surface area contributed by atoms with Crippen molar-refractivity contribution in [3.63, 3.8) is 0 Å². The van der Waals surface area contributed by atoms with Crippen molar-refractivity contribution < 1.29 is 4.39 Å². The van der Waals surface area contributed by atoms with Crippen LogP contribution in [-0.2, 0) is 0 Å². The van der Waals surface area contributed by atoms with Crippen molar-refractivity contribution in [1.29, 1.82) is 0 Å². The predicted molar refractivity (Wildman–Crippen MR) is 78.6 cm³/mol. The zero-order valence-electron chi connectivity index (χ0n) is 12.3. The zero-order valence-corrected chi connectivity index (χ0v) is 12.3. The summed E-state index contributed by atoms with van der Waals surface area (Å²) in [5.41, 5.74) is 0.976. The Balaban J connectivity index is 2.47. The maximum Gasteiger partial charge on any atom is 0.141 e. The number of hydrogen-bond donors (Lipinski definition) is 1. The molecule has 0 fully saturated rings. The van der Waals surface area contributed by atoms with E-state index in [1.54, 1.807) is 12.3 Å². The largest absolute Gasteiger partial charge is 0.310 e. The highest BCUT2D eigenvalue weighted by atomic mass is 19.1. The summed E-state index contributed by atoms with van der Waals surface area (Å²) in [6, 6.07) is 1.84. The lowest BCUT2D eigenvalue weighted by Crippen LogP contribution is -2.22. The number of rotatable bonds is 10. The molecule has 0 aliphatic heterocycles. The second-order valence-corrected chi connectivity index (χ2v) is 5.15. The standard InChI is InChI=1S/C16H27FN2/c1-3-5-6-7-8-9-16(19-10-4-2)14-11-15(17)13-18-12-14/h11-13,16,19H,3-10H2,1-2H3. The third-order valence-electron chi connectivity index (χ3n) is 3.37. The second kappa shape index (κ2) is 9.90. The van der Waals surface area contributed by atoms with Gasteiger partial charge in [-0.3, -0.25) is 4.98 Å². The molecule has 0 amide bonds. The number of pyridine rings is 1. The van der Waals surface area contributed by atoms with Crippen molar-refractivity contribution in [2.24, 2.45) is 0 Å².